The molecule has 1 aromatic heterocycles. The topological polar surface area (TPSA) is 72.6 Å². The third-order valence-electron chi connectivity index (χ3n) is 6.58. The molecule has 1 amide bonds. The fraction of sp³-hybridized carbons (Fsp3) is 0.435. The molecule has 1 aromatic carbocycles. The van der Waals surface area contributed by atoms with E-state index in [0.717, 1.165) is 31.2 Å². The minimum atomic E-state index is -0.607. The molecule has 0 spiro atoms. The molecule has 1 fully saturated rings. The van der Waals surface area contributed by atoms with Crippen LogP contribution in [0.15, 0.2) is 46.2 Å². The molecule has 3 heterocycles. The largest absolute Gasteiger partial charge is 0.483 e. The summed E-state index contributed by atoms with van der Waals surface area (Å²) in [6.07, 6.45) is 3.45. The van der Waals surface area contributed by atoms with Crippen molar-refractivity contribution in [1.29, 1.82) is 0 Å². The molecule has 5 rings (SSSR count). The molecule has 7 heteroatoms. The van der Waals surface area contributed by atoms with Gasteiger partial charge in [0.2, 0.25) is 0 Å². The maximum Gasteiger partial charge on any atom is 0.295 e. The zero-order valence-corrected chi connectivity index (χ0v) is 17.7. The van der Waals surface area contributed by atoms with E-state index in [1.807, 2.05) is 12.1 Å². The molecule has 0 bridgehead atoms. The second-order valence-corrected chi connectivity index (χ2v) is 8.82. The van der Waals surface area contributed by atoms with E-state index in [-0.39, 0.29) is 29.5 Å². The number of aromatic nitrogens is 1. The number of aryl methyl sites for hydroxylation is 1. The van der Waals surface area contributed by atoms with Crippen LogP contribution in [-0.2, 0) is 14.3 Å². The molecule has 0 N–H and O–H groups in total. The Morgan fingerprint density at radius 2 is 1.97 bits per heavy atom. The van der Waals surface area contributed by atoms with Crippen molar-refractivity contribution < 1.29 is 18.8 Å². The molecule has 2 aliphatic heterocycles. The molecule has 0 saturated heterocycles. The smallest absolute Gasteiger partial charge is 0.295 e. The summed E-state index contributed by atoms with van der Waals surface area (Å²) < 4.78 is 11.4. The van der Waals surface area contributed by atoms with Crippen LogP contribution >= 0.6 is 11.6 Å². The van der Waals surface area contributed by atoms with Gasteiger partial charge in [-0.1, -0.05) is 42.2 Å². The standard InChI is InChI=1S/C23H23ClN2O4/c1-3-13-4-9-17-16(11-13)21(27)19-20(14-5-7-15(24)8-6-14)26(23(28)22(19)29-17)18-10-12(2)30-25-18/h5-8,10,13,16-17,20H,3-4,9,11H2,1-2H3. The van der Waals surface area contributed by atoms with Crippen LogP contribution in [0.2, 0.25) is 5.02 Å². The lowest BCUT2D eigenvalue weighted by molar-refractivity contribution is -0.132. The number of Topliss-reactive ketones (excluding diaryl/α,β-unsaturated/α-hetero) is 1. The Morgan fingerprint density at radius 1 is 1.20 bits per heavy atom. The van der Waals surface area contributed by atoms with Gasteiger partial charge in [-0.2, -0.15) is 0 Å². The number of benzene rings is 1. The number of ether oxygens (including phenoxy) is 1. The third-order valence-corrected chi connectivity index (χ3v) is 6.83. The summed E-state index contributed by atoms with van der Waals surface area (Å²) in [5.74, 6) is 1.11. The second-order valence-electron chi connectivity index (χ2n) is 8.38. The molecule has 4 atom stereocenters. The molecule has 0 radical (unpaired) electrons. The average molecular weight is 427 g/mol. The van der Waals surface area contributed by atoms with Crippen molar-refractivity contribution in [2.75, 3.05) is 4.90 Å². The number of amides is 1. The van der Waals surface area contributed by atoms with Gasteiger partial charge in [0.15, 0.2) is 17.4 Å². The number of fused-ring (bicyclic) bond motifs is 1. The Bertz CT molecular complexity index is 1040. The van der Waals surface area contributed by atoms with Crippen molar-refractivity contribution in [1.82, 2.24) is 5.16 Å². The molecular weight excluding hydrogens is 404 g/mol. The van der Waals surface area contributed by atoms with E-state index in [1.165, 1.54) is 4.90 Å². The lowest BCUT2D eigenvalue weighted by Crippen LogP contribution is -2.41. The van der Waals surface area contributed by atoms with E-state index in [4.69, 9.17) is 20.9 Å². The van der Waals surface area contributed by atoms with Crippen LogP contribution in [0.5, 0.6) is 0 Å². The van der Waals surface area contributed by atoms with Gasteiger partial charge in [-0.25, -0.2) is 0 Å². The summed E-state index contributed by atoms with van der Waals surface area (Å²) in [6.45, 7) is 3.93. The van der Waals surface area contributed by atoms with Crippen molar-refractivity contribution >= 4 is 29.1 Å². The van der Waals surface area contributed by atoms with Crippen molar-refractivity contribution in [2.24, 2.45) is 11.8 Å². The van der Waals surface area contributed by atoms with Crippen LogP contribution in [0.3, 0.4) is 0 Å². The second kappa shape index (κ2) is 7.27. The van der Waals surface area contributed by atoms with E-state index in [0.29, 0.717) is 28.1 Å². The molecule has 1 saturated carbocycles. The van der Waals surface area contributed by atoms with Gasteiger partial charge in [0.25, 0.3) is 5.91 Å². The van der Waals surface area contributed by atoms with Crippen molar-refractivity contribution in [3.63, 3.8) is 0 Å². The number of carbonyl (C=O) groups is 2. The molecule has 4 unspecified atom stereocenters. The maximum absolute atomic E-state index is 13.7. The number of ketones is 1. The summed E-state index contributed by atoms with van der Waals surface area (Å²) in [5, 5.41) is 4.64. The first-order chi connectivity index (χ1) is 14.5. The van der Waals surface area contributed by atoms with E-state index in [2.05, 4.69) is 12.1 Å². The molecule has 2 aromatic rings. The molecule has 3 aliphatic rings. The number of nitrogens with zero attached hydrogens (tertiary/aromatic N) is 2. The number of anilines is 1. The first-order valence-electron chi connectivity index (χ1n) is 10.4. The number of carbonyl (C=O) groups excluding carboxylic acids is 2. The van der Waals surface area contributed by atoms with Crippen LogP contribution in [0.4, 0.5) is 5.82 Å². The van der Waals surface area contributed by atoms with Gasteiger partial charge in [0.05, 0.1) is 17.5 Å². The predicted octanol–water partition coefficient (Wildman–Crippen LogP) is 4.77. The lowest BCUT2D eigenvalue weighted by Gasteiger charge is -2.38. The molecule has 1 aliphatic carbocycles. The SMILES string of the molecule is CCC1CCC2OC3=C(C(=O)C2C1)C(c1ccc(Cl)cc1)N(c1cc(C)on1)C3=O. The van der Waals surface area contributed by atoms with Crippen LogP contribution in [0.1, 0.15) is 50.0 Å². The Morgan fingerprint density at radius 3 is 2.63 bits per heavy atom. The number of rotatable bonds is 3. The van der Waals surface area contributed by atoms with Crippen LogP contribution < -0.4 is 4.90 Å². The van der Waals surface area contributed by atoms with Gasteiger partial charge < -0.3 is 9.26 Å². The predicted molar refractivity (Wildman–Crippen MR) is 111 cm³/mol. The zero-order chi connectivity index (χ0) is 21.0. The van der Waals surface area contributed by atoms with Gasteiger partial charge in [0, 0.05) is 11.1 Å². The molecule has 156 valence electrons. The Hall–Kier alpha value is -2.60. The summed E-state index contributed by atoms with van der Waals surface area (Å²) in [4.78, 5) is 28.6. The van der Waals surface area contributed by atoms with E-state index in [1.54, 1.807) is 25.1 Å². The molecular formula is C23H23ClN2O4. The Labute approximate surface area is 179 Å². The summed E-state index contributed by atoms with van der Waals surface area (Å²) in [5.41, 5.74) is 1.22. The number of hydrogen-bond donors (Lipinski definition) is 0. The van der Waals surface area contributed by atoms with Gasteiger partial charge in [-0.05, 0) is 49.8 Å². The van der Waals surface area contributed by atoms with Gasteiger partial charge in [0.1, 0.15) is 11.9 Å². The van der Waals surface area contributed by atoms with Crippen molar-refractivity contribution in [3.05, 3.63) is 58.0 Å². The van der Waals surface area contributed by atoms with Crippen molar-refractivity contribution in [2.45, 2.75) is 51.7 Å². The van der Waals surface area contributed by atoms with E-state index < -0.39 is 6.04 Å². The summed E-state index contributed by atoms with van der Waals surface area (Å²) in [6, 6.07) is 8.29. The number of halogens is 1. The van der Waals surface area contributed by atoms with E-state index >= 15 is 0 Å². The third kappa shape index (κ3) is 2.97. The minimum Gasteiger partial charge on any atom is -0.483 e. The average Bonchev–Trinajstić information content (AvgIpc) is 3.30. The normalized spacial score (nSPS) is 28.4. The van der Waals surface area contributed by atoms with Gasteiger partial charge in [-0.15, -0.1) is 0 Å². The minimum absolute atomic E-state index is 0.0235. The van der Waals surface area contributed by atoms with Gasteiger partial charge in [-0.3, -0.25) is 14.5 Å². The highest BCUT2D eigenvalue weighted by Gasteiger charge is 2.53. The van der Waals surface area contributed by atoms with Crippen LogP contribution in [-0.4, -0.2) is 23.0 Å². The molecule has 30 heavy (non-hydrogen) atoms. The van der Waals surface area contributed by atoms with Crippen molar-refractivity contribution in [3.8, 4) is 0 Å². The fourth-order valence-electron chi connectivity index (χ4n) is 4.99. The molecule has 6 nitrogen and oxygen atoms in total. The summed E-state index contributed by atoms with van der Waals surface area (Å²) >= 11 is 6.08. The zero-order valence-electron chi connectivity index (χ0n) is 16.9. The Kier molecular flexibility index (Phi) is 4.69. The lowest BCUT2D eigenvalue weighted by atomic mass is 9.73. The first kappa shape index (κ1) is 19.4. The van der Waals surface area contributed by atoms with Crippen LogP contribution in [0.25, 0.3) is 0 Å². The fourth-order valence-corrected chi connectivity index (χ4v) is 5.11. The van der Waals surface area contributed by atoms with E-state index in [9.17, 15) is 9.59 Å². The highest BCUT2D eigenvalue weighted by molar-refractivity contribution is 6.30. The Balaban J connectivity index is 1.62. The summed E-state index contributed by atoms with van der Waals surface area (Å²) in [7, 11) is 0. The quantitative estimate of drug-likeness (QED) is 0.706. The first-order valence-corrected chi connectivity index (χ1v) is 10.8. The monoisotopic (exact) mass is 426 g/mol. The highest BCUT2D eigenvalue weighted by atomic mass is 35.5. The highest BCUT2D eigenvalue weighted by Crippen LogP contribution is 2.49. The van der Waals surface area contributed by atoms with Crippen LogP contribution in [0, 0.1) is 18.8 Å². The maximum atomic E-state index is 13.7. The van der Waals surface area contributed by atoms with Gasteiger partial charge >= 0.3 is 0 Å². The number of hydrogen-bond acceptors (Lipinski definition) is 5.